The van der Waals surface area contributed by atoms with Crippen LogP contribution in [0.4, 0.5) is 21.8 Å². The number of anilines is 3. The number of piperazine rings is 1. The zero-order valence-corrected chi connectivity index (χ0v) is 18.4. The Kier molecular flexibility index (Phi) is 5.99. The Morgan fingerprint density at radius 1 is 1.06 bits per heavy atom. The normalized spacial score (nSPS) is 17.6. The largest absolute Gasteiger partial charge is 0.490 e. The van der Waals surface area contributed by atoms with E-state index in [-0.39, 0.29) is 5.82 Å². The molecule has 1 aliphatic carbocycles. The molecule has 32 heavy (non-hydrogen) atoms. The molecule has 168 valence electrons. The van der Waals surface area contributed by atoms with E-state index < -0.39 is 0 Å². The van der Waals surface area contributed by atoms with Crippen molar-refractivity contribution in [3.8, 4) is 17.1 Å². The lowest BCUT2D eigenvalue weighted by molar-refractivity contribution is 0.210. The Bertz CT molecular complexity index is 1060. The minimum atomic E-state index is -0.247. The number of nitrogens with zero attached hydrogens (tertiary/aromatic N) is 3. The molecule has 0 unspecified atom stereocenters. The first kappa shape index (κ1) is 20.8. The third-order valence-corrected chi connectivity index (χ3v) is 6.27. The molecule has 2 heterocycles. The van der Waals surface area contributed by atoms with Gasteiger partial charge in [-0.05, 0) is 63.1 Å². The second-order valence-corrected chi connectivity index (χ2v) is 8.66. The highest BCUT2D eigenvalue weighted by Crippen LogP contribution is 2.31. The highest BCUT2D eigenvalue weighted by molar-refractivity contribution is 5.63. The van der Waals surface area contributed by atoms with Gasteiger partial charge < -0.3 is 24.3 Å². The third kappa shape index (κ3) is 4.72. The van der Waals surface area contributed by atoms with Gasteiger partial charge in [-0.2, -0.15) is 0 Å². The molecule has 1 N–H and O–H groups in total. The Labute approximate surface area is 188 Å². The molecule has 6 nitrogen and oxygen atoms in total. The molecule has 0 bridgehead atoms. The number of hydrogen-bond acceptors (Lipinski definition) is 6. The van der Waals surface area contributed by atoms with Crippen molar-refractivity contribution in [2.45, 2.75) is 31.8 Å². The van der Waals surface area contributed by atoms with Crippen molar-refractivity contribution >= 4 is 17.4 Å². The van der Waals surface area contributed by atoms with Crippen LogP contribution in [0.2, 0.25) is 0 Å². The minimum Gasteiger partial charge on any atom is -0.490 e. The van der Waals surface area contributed by atoms with Crippen LogP contribution in [0.25, 0.3) is 11.3 Å². The highest BCUT2D eigenvalue weighted by atomic mass is 19.1. The Balaban J connectivity index is 1.26. The monoisotopic (exact) mass is 436 g/mol. The molecule has 2 fully saturated rings. The van der Waals surface area contributed by atoms with Crippen LogP contribution in [0.5, 0.6) is 5.75 Å². The lowest BCUT2D eigenvalue weighted by atomic mass is 10.2. The van der Waals surface area contributed by atoms with Gasteiger partial charge in [0.2, 0.25) is 0 Å². The van der Waals surface area contributed by atoms with Crippen LogP contribution < -0.4 is 15.0 Å². The summed E-state index contributed by atoms with van der Waals surface area (Å²) in [6, 6.07) is 13.4. The van der Waals surface area contributed by atoms with Crippen molar-refractivity contribution in [3.05, 3.63) is 54.5 Å². The zero-order chi connectivity index (χ0) is 21.9. The van der Waals surface area contributed by atoms with E-state index in [2.05, 4.69) is 27.1 Å². The fourth-order valence-electron chi connectivity index (χ4n) is 4.40. The van der Waals surface area contributed by atoms with Crippen LogP contribution in [0.1, 0.15) is 25.7 Å². The predicted octanol–water partition coefficient (Wildman–Crippen LogP) is 5.30. The van der Waals surface area contributed by atoms with E-state index in [1.54, 1.807) is 6.20 Å². The number of ether oxygens (including phenoxy) is 1. The number of oxazole rings is 1. The lowest BCUT2D eigenvalue weighted by Gasteiger charge is -2.34. The van der Waals surface area contributed by atoms with Gasteiger partial charge in [0.15, 0.2) is 5.76 Å². The summed E-state index contributed by atoms with van der Waals surface area (Å²) in [4.78, 5) is 8.65. The maximum Gasteiger partial charge on any atom is 0.299 e. The second kappa shape index (κ2) is 9.20. The van der Waals surface area contributed by atoms with E-state index in [4.69, 9.17) is 9.15 Å². The maximum absolute atomic E-state index is 14.8. The first-order chi connectivity index (χ1) is 15.6. The number of benzene rings is 2. The molecule has 0 radical (unpaired) electrons. The van der Waals surface area contributed by atoms with Gasteiger partial charge in [0.25, 0.3) is 6.01 Å². The fraction of sp³-hybridized carbons (Fsp3) is 0.400. The summed E-state index contributed by atoms with van der Waals surface area (Å²) < 4.78 is 26.7. The molecule has 0 atom stereocenters. The fourth-order valence-corrected chi connectivity index (χ4v) is 4.40. The molecule has 2 aliphatic rings. The summed E-state index contributed by atoms with van der Waals surface area (Å²) in [6.07, 6.45) is 6.68. The predicted molar refractivity (Wildman–Crippen MR) is 124 cm³/mol. The first-order valence-corrected chi connectivity index (χ1v) is 11.4. The molecule has 2 aromatic carbocycles. The van der Waals surface area contributed by atoms with Crippen LogP contribution in [0.15, 0.2) is 53.1 Å². The van der Waals surface area contributed by atoms with Gasteiger partial charge >= 0.3 is 0 Å². The van der Waals surface area contributed by atoms with Gasteiger partial charge in [0.1, 0.15) is 11.6 Å². The van der Waals surface area contributed by atoms with E-state index in [9.17, 15) is 4.39 Å². The van der Waals surface area contributed by atoms with E-state index in [1.807, 2.05) is 36.4 Å². The van der Waals surface area contributed by atoms with Crippen LogP contribution in [0.3, 0.4) is 0 Å². The SMILES string of the molecule is CN1CCN(c2ccc(Nc3ncc(-c4cccc(OC5CCCC5)c4)o3)cc2F)CC1. The van der Waals surface area contributed by atoms with Crippen LogP contribution in [-0.2, 0) is 0 Å². The van der Waals surface area contributed by atoms with E-state index >= 15 is 0 Å². The summed E-state index contributed by atoms with van der Waals surface area (Å²) in [7, 11) is 2.09. The van der Waals surface area contributed by atoms with E-state index in [1.165, 1.54) is 18.9 Å². The highest BCUT2D eigenvalue weighted by Gasteiger charge is 2.19. The molecule has 7 heteroatoms. The molecule has 1 saturated heterocycles. The summed E-state index contributed by atoms with van der Waals surface area (Å²) in [6.45, 7) is 3.52. The van der Waals surface area contributed by atoms with Crippen molar-refractivity contribution in [2.24, 2.45) is 0 Å². The molecule has 1 saturated carbocycles. The number of likely N-dealkylation sites (N-methyl/N-ethyl adjacent to an activating group) is 1. The Morgan fingerprint density at radius 3 is 2.66 bits per heavy atom. The first-order valence-electron chi connectivity index (χ1n) is 11.4. The molecule has 1 aromatic heterocycles. The van der Waals surface area contributed by atoms with Gasteiger partial charge in [0.05, 0.1) is 18.0 Å². The van der Waals surface area contributed by atoms with Crippen molar-refractivity contribution in [2.75, 3.05) is 43.4 Å². The Hall–Kier alpha value is -3.06. The lowest BCUT2D eigenvalue weighted by Crippen LogP contribution is -2.44. The number of halogens is 1. The number of nitrogens with one attached hydrogen (secondary N) is 1. The summed E-state index contributed by atoms with van der Waals surface area (Å²) in [5.41, 5.74) is 2.14. The van der Waals surface area contributed by atoms with Crippen LogP contribution in [-0.4, -0.2) is 49.2 Å². The number of hydrogen-bond donors (Lipinski definition) is 1. The minimum absolute atomic E-state index is 0.247. The van der Waals surface area contributed by atoms with Crippen LogP contribution in [0, 0.1) is 5.82 Å². The summed E-state index contributed by atoms with van der Waals surface area (Å²) in [5.74, 6) is 1.24. The quantitative estimate of drug-likeness (QED) is 0.566. The topological polar surface area (TPSA) is 53.8 Å². The molecule has 0 spiro atoms. The smallest absolute Gasteiger partial charge is 0.299 e. The molecule has 1 aliphatic heterocycles. The Morgan fingerprint density at radius 2 is 1.88 bits per heavy atom. The molecule has 3 aromatic rings. The van der Waals surface area contributed by atoms with Crippen molar-refractivity contribution < 1.29 is 13.5 Å². The average Bonchev–Trinajstić information content (AvgIpc) is 3.47. The number of aromatic nitrogens is 1. The van der Waals surface area contributed by atoms with Crippen molar-refractivity contribution in [1.29, 1.82) is 0 Å². The van der Waals surface area contributed by atoms with Gasteiger partial charge in [-0.1, -0.05) is 12.1 Å². The average molecular weight is 437 g/mol. The molecular weight excluding hydrogens is 407 g/mol. The standard InChI is InChI=1S/C25H29FN4O2/c1-29-11-13-30(14-12-29)23-10-9-19(16-22(23)26)28-25-27-17-24(32-25)18-5-4-8-21(15-18)31-20-6-2-3-7-20/h4-5,8-10,15-17,20H,2-3,6-7,11-14H2,1H3,(H,27,28). The zero-order valence-electron chi connectivity index (χ0n) is 18.4. The van der Waals surface area contributed by atoms with Gasteiger partial charge in [-0.15, -0.1) is 0 Å². The summed E-state index contributed by atoms with van der Waals surface area (Å²) >= 11 is 0. The molecule has 0 amide bonds. The number of rotatable bonds is 6. The second-order valence-electron chi connectivity index (χ2n) is 8.66. The van der Waals surface area contributed by atoms with Crippen molar-refractivity contribution in [1.82, 2.24) is 9.88 Å². The van der Waals surface area contributed by atoms with Gasteiger partial charge in [-0.3, -0.25) is 0 Å². The van der Waals surface area contributed by atoms with E-state index in [0.29, 0.717) is 29.3 Å². The third-order valence-electron chi connectivity index (χ3n) is 6.27. The maximum atomic E-state index is 14.8. The molecular formula is C25H29FN4O2. The van der Waals surface area contributed by atoms with E-state index in [0.717, 1.165) is 50.3 Å². The van der Waals surface area contributed by atoms with Crippen molar-refractivity contribution in [3.63, 3.8) is 0 Å². The molecule has 5 rings (SSSR count). The van der Waals surface area contributed by atoms with Gasteiger partial charge in [-0.25, -0.2) is 9.37 Å². The van der Waals surface area contributed by atoms with Crippen LogP contribution >= 0.6 is 0 Å². The van der Waals surface area contributed by atoms with Gasteiger partial charge in [0, 0.05) is 37.4 Å². The summed E-state index contributed by atoms with van der Waals surface area (Å²) in [5, 5.41) is 3.07.